The van der Waals surface area contributed by atoms with E-state index in [1.54, 1.807) is 36.4 Å². The third kappa shape index (κ3) is 3.79. The van der Waals surface area contributed by atoms with Crippen molar-refractivity contribution in [3.05, 3.63) is 79.8 Å². The van der Waals surface area contributed by atoms with Crippen molar-refractivity contribution >= 4 is 28.1 Å². The van der Waals surface area contributed by atoms with Crippen LogP contribution in [0, 0.1) is 28.8 Å². The van der Waals surface area contributed by atoms with Gasteiger partial charge in [-0.1, -0.05) is 30.3 Å². The van der Waals surface area contributed by atoms with E-state index in [0.29, 0.717) is 11.8 Å². The maximum atomic E-state index is 13.8. The summed E-state index contributed by atoms with van der Waals surface area (Å²) in [5.74, 6) is -3.90. The minimum atomic E-state index is -1.43. The molecule has 0 amide bonds. The molecule has 140 valence electrons. The number of halogens is 4. The Labute approximate surface area is 164 Å². The number of nitrogens with zero attached hydrogens (tertiary/aromatic N) is 3. The van der Waals surface area contributed by atoms with Gasteiger partial charge in [0.25, 0.3) is 5.56 Å². The Morgan fingerprint density at radius 1 is 1.21 bits per heavy atom. The fourth-order valence-electron chi connectivity index (χ4n) is 2.29. The van der Waals surface area contributed by atoms with E-state index in [9.17, 15) is 23.2 Å². The summed E-state index contributed by atoms with van der Waals surface area (Å²) in [6.45, 7) is 0. The number of hydrazone groups is 1. The average molecular weight is 448 g/mol. The number of benzene rings is 2. The van der Waals surface area contributed by atoms with Crippen molar-refractivity contribution < 1.29 is 13.2 Å². The number of rotatable bonds is 4. The van der Waals surface area contributed by atoms with Crippen LogP contribution in [0.2, 0.25) is 0 Å². The highest BCUT2D eigenvalue weighted by molar-refractivity contribution is 9.10. The van der Waals surface area contributed by atoms with Crippen molar-refractivity contribution in [3.8, 4) is 17.3 Å². The van der Waals surface area contributed by atoms with Crippen LogP contribution in [0.15, 0.2) is 50.8 Å². The molecule has 3 rings (SSSR count). The van der Waals surface area contributed by atoms with Gasteiger partial charge in [-0.2, -0.15) is 10.4 Å². The van der Waals surface area contributed by atoms with Crippen LogP contribution >= 0.6 is 15.9 Å². The van der Waals surface area contributed by atoms with Crippen LogP contribution in [0.25, 0.3) is 11.3 Å². The van der Waals surface area contributed by atoms with E-state index in [1.807, 2.05) is 0 Å². The number of hydrogen-bond donors (Lipinski definition) is 2. The highest BCUT2D eigenvalue weighted by atomic mass is 79.9. The first-order valence-electron chi connectivity index (χ1n) is 7.64. The maximum Gasteiger partial charge on any atom is 0.270 e. The molecule has 2 aromatic carbocycles. The molecular formula is C18H9BrF3N5O. The fraction of sp³-hybridized carbons (Fsp3) is 0. The Bertz CT molecular complexity index is 1170. The predicted molar refractivity (Wildman–Crippen MR) is 100 cm³/mol. The Hall–Kier alpha value is -3.45. The van der Waals surface area contributed by atoms with Gasteiger partial charge in [0.2, 0.25) is 5.95 Å². The van der Waals surface area contributed by atoms with Gasteiger partial charge < -0.3 is 0 Å². The minimum absolute atomic E-state index is 0.108. The summed E-state index contributed by atoms with van der Waals surface area (Å²) >= 11 is 2.70. The first-order chi connectivity index (χ1) is 13.4. The lowest BCUT2D eigenvalue weighted by atomic mass is 10.1. The topological polar surface area (TPSA) is 93.9 Å². The van der Waals surface area contributed by atoms with Gasteiger partial charge in [0, 0.05) is 5.56 Å². The highest BCUT2D eigenvalue weighted by Gasteiger charge is 2.16. The SMILES string of the molecule is N#Cc1c(-c2ccccc2)nc(NN=Cc2c(F)cc(Br)c(F)c2F)[nH]c1=O. The molecule has 6 nitrogen and oxygen atoms in total. The molecule has 0 spiro atoms. The molecule has 0 fully saturated rings. The number of H-pyrrole nitrogens is 1. The highest BCUT2D eigenvalue weighted by Crippen LogP contribution is 2.23. The Morgan fingerprint density at radius 3 is 2.61 bits per heavy atom. The Kier molecular flexibility index (Phi) is 5.56. The Balaban J connectivity index is 1.96. The summed E-state index contributed by atoms with van der Waals surface area (Å²) in [6.07, 6.45) is 0.709. The second-order valence-electron chi connectivity index (χ2n) is 5.37. The van der Waals surface area contributed by atoms with Crippen LogP contribution < -0.4 is 11.0 Å². The van der Waals surface area contributed by atoms with Gasteiger partial charge >= 0.3 is 0 Å². The zero-order valence-corrected chi connectivity index (χ0v) is 15.4. The van der Waals surface area contributed by atoms with Crippen molar-refractivity contribution in [3.63, 3.8) is 0 Å². The quantitative estimate of drug-likeness (QED) is 0.274. The standard InChI is InChI=1S/C18H9BrF3N5O/c19-12-6-13(20)11(14(21)15(12)22)8-24-27-18-25-16(9-4-2-1-3-5-9)10(7-23)17(28)26-18/h1-6,8H,(H2,25,26,27,28). The van der Waals surface area contributed by atoms with Gasteiger partial charge in [-0.15, -0.1) is 0 Å². The van der Waals surface area contributed by atoms with Gasteiger partial charge in [-0.3, -0.25) is 9.78 Å². The van der Waals surface area contributed by atoms with E-state index in [-0.39, 0.29) is 21.7 Å². The number of hydrogen-bond acceptors (Lipinski definition) is 5. The van der Waals surface area contributed by atoms with Gasteiger partial charge in [-0.05, 0) is 22.0 Å². The molecule has 0 saturated heterocycles. The van der Waals surface area contributed by atoms with Crippen molar-refractivity contribution in [1.29, 1.82) is 5.26 Å². The van der Waals surface area contributed by atoms with Crippen molar-refractivity contribution in [2.45, 2.75) is 0 Å². The molecule has 0 unspecified atom stereocenters. The zero-order chi connectivity index (χ0) is 20.3. The summed E-state index contributed by atoms with van der Waals surface area (Å²) in [5, 5.41) is 12.8. The molecule has 0 aliphatic rings. The third-order valence-corrected chi connectivity index (χ3v) is 4.17. The molecular weight excluding hydrogens is 439 g/mol. The maximum absolute atomic E-state index is 13.8. The number of anilines is 1. The zero-order valence-electron chi connectivity index (χ0n) is 13.8. The fourth-order valence-corrected chi connectivity index (χ4v) is 2.67. The molecule has 0 radical (unpaired) electrons. The average Bonchev–Trinajstić information content (AvgIpc) is 2.69. The van der Waals surface area contributed by atoms with Gasteiger partial charge in [0.05, 0.1) is 21.9 Å². The monoisotopic (exact) mass is 447 g/mol. The lowest BCUT2D eigenvalue weighted by Crippen LogP contribution is -2.16. The molecule has 0 aliphatic heterocycles. The smallest absolute Gasteiger partial charge is 0.270 e. The van der Waals surface area contributed by atoms with E-state index >= 15 is 0 Å². The van der Waals surface area contributed by atoms with Crippen LogP contribution in [0.1, 0.15) is 11.1 Å². The predicted octanol–water partition coefficient (Wildman–Crippen LogP) is 3.93. The summed E-state index contributed by atoms with van der Waals surface area (Å²) in [6, 6.07) is 11.0. The lowest BCUT2D eigenvalue weighted by molar-refractivity contribution is 0.488. The number of aromatic nitrogens is 2. The normalized spacial score (nSPS) is 10.8. The number of nitrogens with one attached hydrogen (secondary N) is 2. The summed E-state index contributed by atoms with van der Waals surface area (Å²) in [4.78, 5) is 18.5. The molecule has 0 atom stereocenters. The van der Waals surface area contributed by atoms with Gasteiger partial charge in [0.1, 0.15) is 17.4 Å². The van der Waals surface area contributed by atoms with E-state index in [2.05, 4.69) is 36.4 Å². The lowest BCUT2D eigenvalue weighted by Gasteiger charge is -2.06. The first kappa shape index (κ1) is 19.3. The van der Waals surface area contributed by atoms with Gasteiger partial charge in [-0.25, -0.2) is 23.6 Å². The van der Waals surface area contributed by atoms with E-state index in [1.165, 1.54) is 0 Å². The molecule has 2 N–H and O–H groups in total. The number of nitriles is 1. The molecule has 0 saturated carbocycles. The molecule has 10 heteroatoms. The van der Waals surface area contributed by atoms with Crippen LogP contribution in [0.4, 0.5) is 19.1 Å². The van der Waals surface area contributed by atoms with Crippen LogP contribution in [-0.4, -0.2) is 16.2 Å². The van der Waals surface area contributed by atoms with Crippen LogP contribution in [0.5, 0.6) is 0 Å². The first-order valence-corrected chi connectivity index (χ1v) is 8.43. The van der Waals surface area contributed by atoms with Crippen molar-refractivity contribution in [1.82, 2.24) is 9.97 Å². The molecule has 3 aromatic rings. The van der Waals surface area contributed by atoms with E-state index in [4.69, 9.17) is 0 Å². The van der Waals surface area contributed by atoms with Crippen molar-refractivity contribution in [2.75, 3.05) is 5.43 Å². The molecule has 0 aliphatic carbocycles. The largest absolute Gasteiger partial charge is 0.290 e. The molecule has 1 aromatic heterocycles. The molecule has 28 heavy (non-hydrogen) atoms. The third-order valence-electron chi connectivity index (χ3n) is 3.59. The van der Waals surface area contributed by atoms with Gasteiger partial charge in [0.15, 0.2) is 11.6 Å². The second kappa shape index (κ2) is 8.06. The summed E-state index contributed by atoms with van der Waals surface area (Å²) in [7, 11) is 0. The van der Waals surface area contributed by atoms with E-state index < -0.39 is 28.6 Å². The molecule has 1 heterocycles. The van der Waals surface area contributed by atoms with Crippen LogP contribution in [0.3, 0.4) is 0 Å². The summed E-state index contributed by atoms with van der Waals surface area (Å²) < 4.78 is 40.8. The number of aromatic amines is 1. The van der Waals surface area contributed by atoms with E-state index in [0.717, 1.165) is 6.07 Å². The van der Waals surface area contributed by atoms with Crippen molar-refractivity contribution in [2.24, 2.45) is 5.10 Å². The summed E-state index contributed by atoms with van der Waals surface area (Å²) in [5.41, 5.74) is 1.30. The Morgan fingerprint density at radius 2 is 1.93 bits per heavy atom. The second-order valence-corrected chi connectivity index (χ2v) is 6.22. The van der Waals surface area contributed by atoms with Crippen LogP contribution in [-0.2, 0) is 0 Å². The molecule has 0 bridgehead atoms. The minimum Gasteiger partial charge on any atom is -0.290 e.